The van der Waals surface area contributed by atoms with Crippen molar-refractivity contribution in [2.45, 2.75) is 18.4 Å². The number of carbonyl (C=O) groups is 1. The Kier molecular flexibility index (Phi) is 5.16. The number of ether oxygens (including phenoxy) is 1. The summed E-state index contributed by atoms with van der Waals surface area (Å²) in [5.74, 6) is 2.11. The largest absolute Gasteiger partial charge is 0.455 e. The quantitative estimate of drug-likeness (QED) is 0.630. The highest BCUT2D eigenvalue weighted by Gasteiger charge is 2.16. The maximum absolute atomic E-state index is 12.0. The summed E-state index contributed by atoms with van der Waals surface area (Å²) in [7, 11) is -3.77. The molecule has 0 amide bonds. The number of nitrogens with one attached hydrogen (secondary N) is 1. The summed E-state index contributed by atoms with van der Waals surface area (Å²) in [6.45, 7) is 1.51. The molecule has 1 heterocycles. The van der Waals surface area contributed by atoms with E-state index in [1.165, 1.54) is 24.3 Å². The van der Waals surface area contributed by atoms with Crippen molar-refractivity contribution < 1.29 is 22.5 Å². The molecule has 1 aromatic carbocycles. The van der Waals surface area contributed by atoms with Crippen LogP contribution >= 0.6 is 0 Å². The van der Waals surface area contributed by atoms with Gasteiger partial charge in [-0.05, 0) is 25.1 Å². The van der Waals surface area contributed by atoms with E-state index in [0.717, 1.165) is 0 Å². The molecule has 0 aliphatic heterocycles. The molecule has 120 valence electrons. The first-order valence-corrected chi connectivity index (χ1v) is 8.03. The van der Waals surface area contributed by atoms with Gasteiger partial charge in [-0.1, -0.05) is 17.1 Å². The maximum Gasteiger partial charge on any atom is 0.338 e. The SMILES string of the molecule is C#CCNS(=O)(=O)c1cccc(C(=O)OCc2cc(C)on2)c1. The van der Waals surface area contributed by atoms with Crippen molar-refractivity contribution in [3.63, 3.8) is 0 Å². The molecule has 0 atom stereocenters. The van der Waals surface area contributed by atoms with Gasteiger partial charge in [0.2, 0.25) is 10.0 Å². The predicted molar refractivity (Wildman–Crippen MR) is 80.8 cm³/mol. The molecule has 0 saturated heterocycles. The lowest BCUT2D eigenvalue weighted by Gasteiger charge is -2.06. The summed E-state index contributed by atoms with van der Waals surface area (Å²) in [5, 5.41) is 3.70. The van der Waals surface area contributed by atoms with E-state index < -0.39 is 16.0 Å². The number of aryl methyl sites for hydroxylation is 1. The van der Waals surface area contributed by atoms with E-state index in [1.54, 1.807) is 13.0 Å². The van der Waals surface area contributed by atoms with Crippen molar-refractivity contribution in [3.8, 4) is 12.3 Å². The second-order valence-electron chi connectivity index (χ2n) is 4.56. The lowest BCUT2D eigenvalue weighted by molar-refractivity contribution is 0.0464. The Balaban J connectivity index is 2.09. The zero-order chi connectivity index (χ0) is 16.9. The molecule has 0 radical (unpaired) electrons. The Morgan fingerprint density at radius 1 is 1.43 bits per heavy atom. The number of hydrogen-bond donors (Lipinski definition) is 1. The van der Waals surface area contributed by atoms with Gasteiger partial charge < -0.3 is 9.26 Å². The average Bonchev–Trinajstić information content (AvgIpc) is 2.96. The van der Waals surface area contributed by atoms with Gasteiger partial charge in [0.05, 0.1) is 17.0 Å². The highest BCUT2D eigenvalue weighted by Crippen LogP contribution is 2.13. The third kappa shape index (κ3) is 4.42. The Morgan fingerprint density at radius 2 is 2.22 bits per heavy atom. The van der Waals surface area contributed by atoms with Crippen LogP contribution in [0.5, 0.6) is 0 Å². The molecule has 7 nitrogen and oxygen atoms in total. The molecule has 0 unspecified atom stereocenters. The van der Waals surface area contributed by atoms with Gasteiger partial charge in [-0.2, -0.15) is 4.72 Å². The number of benzene rings is 1. The number of hydrogen-bond acceptors (Lipinski definition) is 6. The molecule has 0 fully saturated rings. The van der Waals surface area contributed by atoms with Gasteiger partial charge in [0, 0.05) is 6.07 Å². The van der Waals surface area contributed by atoms with Gasteiger partial charge in [-0.15, -0.1) is 6.42 Å². The van der Waals surface area contributed by atoms with Crippen molar-refractivity contribution in [3.05, 3.63) is 47.3 Å². The number of carbonyl (C=O) groups excluding carboxylic acids is 1. The van der Waals surface area contributed by atoms with Crippen LogP contribution in [0.4, 0.5) is 0 Å². The summed E-state index contributed by atoms with van der Waals surface area (Å²) in [6, 6.07) is 7.11. The van der Waals surface area contributed by atoms with Crippen LogP contribution in [0.3, 0.4) is 0 Å². The molecule has 23 heavy (non-hydrogen) atoms. The average molecular weight is 334 g/mol. The van der Waals surface area contributed by atoms with Crippen LogP contribution in [-0.2, 0) is 21.4 Å². The normalized spacial score (nSPS) is 11.0. The van der Waals surface area contributed by atoms with Crippen LogP contribution < -0.4 is 4.72 Å². The third-order valence-corrected chi connectivity index (χ3v) is 4.17. The molecule has 0 aliphatic carbocycles. The molecular formula is C15H14N2O5S. The van der Waals surface area contributed by atoms with Crippen LogP contribution in [0, 0.1) is 19.3 Å². The molecule has 1 N–H and O–H groups in total. The molecule has 0 saturated carbocycles. The second-order valence-corrected chi connectivity index (χ2v) is 6.33. The first-order valence-electron chi connectivity index (χ1n) is 6.55. The summed E-state index contributed by atoms with van der Waals surface area (Å²) in [5.41, 5.74) is 0.573. The zero-order valence-corrected chi connectivity index (χ0v) is 13.1. The minimum atomic E-state index is -3.77. The van der Waals surface area contributed by atoms with E-state index in [4.69, 9.17) is 15.7 Å². The Hall–Kier alpha value is -2.63. The fraction of sp³-hybridized carbons (Fsp3) is 0.200. The first-order chi connectivity index (χ1) is 10.9. The Labute approximate surface area is 133 Å². The molecular weight excluding hydrogens is 320 g/mol. The zero-order valence-electron chi connectivity index (χ0n) is 12.3. The summed E-state index contributed by atoms with van der Waals surface area (Å²) >= 11 is 0. The van der Waals surface area contributed by atoms with Crippen LogP contribution in [0.1, 0.15) is 21.8 Å². The van der Waals surface area contributed by atoms with Crippen molar-refractivity contribution in [2.24, 2.45) is 0 Å². The second kappa shape index (κ2) is 7.09. The topological polar surface area (TPSA) is 98.5 Å². The van der Waals surface area contributed by atoms with Gasteiger partial charge in [-0.3, -0.25) is 0 Å². The maximum atomic E-state index is 12.0. The van der Waals surface area contributed by atoms with Crippen LogP contribution in [0.2, 0.25) is 0 Å². The highest BCUT2D eigenvalue weighted by molar-refractivity contribution is 7.89. The van der Waals surface area contributed by atoms with Gasteiger partial charge >= 0.3 is 5.97 Å². The van der Waals surface area contributed by atoms with Crippen molar-refractivity contribution in [1.82, 2.24) is 9.88 Å². The first kappa shape index (κ1) is 16.7. The molecule has 0 bridgehead atoms. The lowest BCUT2D eigenvalue weighted by Crippen LogP contribution is -2.24. The van der Waals surface area contributed by atoms with Crippen LogP contribution in [-0.4, -0.2) is 26.1 Å². The predicted octanol–water partition coefficient (Wildman–Crippen LogP) is 1.25. The number of esters is 1. The van der Waals surface area contributed by atoms with Gasteiger partial charge in [0.1, 0.15) is 18.1 Å². The smallest absolute Gasteiger partial charge is 0.338 e. The molecule has 2 rings (SSSR count). The number of sulfonamides is 1. The van der Waals surface area contributed by atoms with E-state index in [1.807, 2.05) is 0 Å². The summed E-state index contributed by atoms with van der Waals surface area (Å²) < 4.78 is 36.1. The van der Waals surface area contributed by atoms with Gasteiger partial charge in [0.25, 0.3) is 0 Å². The Morgan fingerprint density at radius 3 is 2.87 bits per heavy atom. The summed E-state index contributed by atoms with van der Waals surface area (Å²) in [6.07, 6.45) is 5.02. The minimum absolute atomic E-state index is 0.0670. The molecule has 8 heteroatoms. The van der Waals surface area contributed by atoms with Gasteiger partial charge in [-0.25, -0.2) is 13.2 Å². The number of nitrogens with zero attached hydrogens (tertiary/aromatic N) is 1. The number of terminal acetylenes is 1. The molecule has 1 aromatic heterocycles. The Bertz CT molecular complexity index is 849. The van der Waals surface area contributed by atoms with Crippen molar-refractivity contribution >= 4 is 16.0 Å². The highest BCUT2D eigenvalue weighted by atomic mass is 32.2. The van der Waals surface area contributed by atoms with E-state index >= 15 is 0 Å². The number of rotatable bonds is 6. The van der Waals surface area contributed by atoms with Crippen LogP contribution in [0.25, 0.3) is 0 Å². The van der Waals surface area contributed by atoms with E-state index in [-0.39, 0.29) is 23.6 Å². The van der Waals surface area contributed by atoms with Crippen molar-refractivity contribution in [1.29, 1.82) is 0 Å². The molecule has 2 aromatic rings. The minimum Gasteiger partial charge on any atom is -0.455 e. The molecule has 0 spiro atoms. The lowest BCUT2D eigenvalue weighted by atomic mass is 10.2. The third-order valence-electron chi connectivity index (χ3n) is 2.77. The van der Waals surface area contributed by atoms with Gasteiger partial charge in [0.15, 0.2) is 0 Å². The number of aromatic nitrogens is 1. The fourth-order valence-electron chi connectivity index (χ4n) is 1.72. The van der Waals surface area contributed by atoms with E-state index in [2.05, 4.69) is 15.8 Å². The van der Waals surface area contributed by atoms with E-state index in [0.29, 0.717) is 11.5 Å². The van der Waals surface area contributed by atoms with E-state index in [9.17, 15) is 13.2 Å². The van der Waals surface area contributed by atoms with Crippen LogP contribution in [0.15, 0.2) is 39.8 Å². The van der Waals surface area contributed by atoms with Crippen molar-refractivity contribution in [2.75, 3.05) is 6.54 Å². The monoisotopic (exact) mass is 334 g/mol. The standard InChI is InChI=1S/C15H14N2O5S/c1-3-7-16-23(19,20)14-6-4-5-12(9-14)15(18)21-10-13-8-11(2)22-17-13/h1,4-6,8-9,16H,7,10H2,2H3. The fourth-order valence-corrected chi connectivity index (χ4v) is 2.70. The summed E-state index contributed by atoms with van der Waals surface area (Å²) in [4.78, 5) is 11.9. The molecule has 0 aliphatic rings.